The quantitative estimate of drug-likeness (QED) is 0.457. The molecule has 0 saturated carbocycles. The van der Waals surface area contributed by atoms with Gasteiger partial charge in [0.2, 0.25) is 0 Å². The van der Waals surface area contributed by atoms with E-state index in [0.29, 0.717) is 6.42 Å². The van der Waals surface area contributed by atoms with Gasteiger partial charge in [0.15, 0.2) is 0 Å². The fourth-order valence-corrected chi connectivity index (χ4v) is 1.72. The SMILES string of the molecule is O=C(Cl)OCCc1cc([N+](=O)[O-])cs1. The lowest BCUT2D eigenvalue weighted by Gasteiger charge is -1.96. The topological polar surface area (TPSA) is 69.4 Å². The summed E-state index contributed by atoms with van der Waals surface area (Å²) in [6, 6.07) is 1.45. The summed E-state index contributed by atoms with van der Waals surface area (Å²) in [6.07, 6.45) is 0.441. The lowest BCUT2D eigenvalue weighted by molar-refractivity contribution is -0.384. The fourth-order valence-electron chi connectivity index (χ4n) is 0.828. The van der Waals surface area contributed by atoms with Gasteiger partial charge < -0.3 is 4.74 Å². The van der Waals surface area contributed by atoms with Crippen molar-refractivity contribution in [3.05, 3.63) is 26.4 Å². The van der Waals surface area contributed by atoms with Crippen LogP contribution < -0.4 is 0 Å². The minimum Gasteiger partial charge on any atom is -0.453 e. The molecule has 0 fully saturated rings. The molecule has 0 amide bonds. The fraction of sp³-hybridized carbons (Fsp3) is 0.286. The molecule has 1 heterocycles. The number of nitrogens with zero attached hydrogens (tertiary/aromatic N) is 1. The van der Waals surface area contributed by atoms with E-state index in [1.165, 1.54) is 22.8 Å². The van der Waals surface area contributed by atoms with Crippen LogP contribution in [0.25, 0.3) is 0 Å². The maximum absolute atomic E-state index is 10.3. The summed E-state index contributed by atoms with van der Waals surface area (Å²) in [7, 11) is 0. The molecular weight excluding hydrogens is 230 g/mol. The summed E-state index contributed by atoms with van der Waals surface area (Å²) in [5, 5.41) is 11.7. The van der Waals surface area contributed by atoms with Crippen molar-refractivity contribution in [2.45, 2.75) is 6.42 Å². The Labute approximate surface area is 88.4 Å². The Kier molecular flexibility index (Phi) is 3.84. The van der Waals surface area contributed by atoms with Gasteiger partial charge in [-0.2, -0.15) is 0 Å². The molecule has 1 rings (SSSR count). The van der Waals surface area contributed by atoms with Crippen LogP contribution in [0, 0.1) is 10.1 Å². The van der Waals surface area contributed by atoms with Crippen LogP contribution in [0.4, 0.5) is 10.5 Å². The smallest absolute Gasteiger partial charge is 0.403 e. The second-order valence-corrected chi connectivity index (χ2v) is 3.67. The standard InChI is InChI=1S/C7H6ClNO4S/c8-7(10)13-2-1-6-3-5(4-14-6)9(11)12/h3-4H,1-2H2. The van der Waals surface area contributed by atoms with E-state index < -0.39 is 10.4 Å². The van der Waals surface area contributed by atoms with Crippen molar-refractivity contribution in [1.82, 2.24) is 0 Å². The van der Waals surface area contributed by atoms with Crippen molar-refractivity contribution in [2.75, 3.05) is 6.61 Å². The summed E-state index contributed by atoms with van der Waals surface area (Å²) < 4.78 is 4.48. The van der Waals surface area contributed by atoms with E-state index in [1.807, 2.05) is 0 Å². The molecule has 0 aliphatic rings. The molecule has 5 nitrogen and oxygen atoms in total. The number of carbonyl (C=O) groups is 1. The summed E-state index contributed by atoms with van der Waals surface area (Å²) >= 11 is 6.19. The Balaban J connectivity index is 2.44. The van der Waals surface area contributed by atoms with Gasteiger partial charge in [-0.3, -0.25) is 10.1 Å². The van der Waals surface area contributed by atoms with Gasteiger partial charge in [-0.25, -0.2) is 4.79 Å². The monoisotopic (exact) mass is 235 g/mol. The molecule has 0 radical (unpaired) electrons. The second-order valence-electron chi connectivity index (χ2n) is 2.36. The molecule has 7 heteroatoms. The van der Waals surface area contributed by atoms with Crippen LogP contribution in [0.1, 0.15) is 4.88 Å². The Morgan fingerprint density at radius 1 is 1.71 bits per heavy atom. The van der Waals surface area contributed by atoms with E-state index >= 15 is 0 Å². The summed E-state index contributed by atoms with van der Waals surface area (Å²) in [4.78, 5) is 20.8. The van der Waals surface area contributed by atoms with Crippen molar-refractivity contribution >= 4 is 34.1 Å². The van der Waals surface area contributed by atoms with Crippen LogP contribution in [0.2, 0.25) is 0 Å². The van der Waals surface area contributed by atoms with Crippen molar-refractivity contribution in [3.8, 4) is 0 Å². The highest BCUT2D eigenvalue weighted by Gasteiger charge is 2.09. The van der Waals surface area contributed by atoms with E-state index in [1.54, 1.807) is 0 Å². The Bertz CT molecular complexity index is 351. The average molecular weight is 236 g/mol. The van der Waals surface area contributed by atoms with Crippen LogP contribution in [0.5, 0.6) is 0 Å². The number of thiophene rings is 1. The molecule has 0 N–H and O–H groups in total. The molecule has 1 aromatic heterocycles. The zero-order valence-electron chi connectivity index (χ0n) is 6.94. The number of nitro groups is 1. The molecule has 0 unspecified atom stereocenters. The van der Waals surface area contributed by atoms with E-state index in [-0.39, 0.29) is 12.3 Å². The first-order chi connectivity index (χ1) is 6.59. The van der Waals surface area contributed by atoms with E-state index in [4.69, 9.17) is 11.6 Å². The van der Waals surface area contributed by atoms with Gasteiger partial charge in [-0.1, -0.05) is 0 Å². The number of hydrogen-bond acceptors (Lipinski definition) is 5. The molecule has 0 bridgehead atoms. The molecule has 0 aromatic carbocycles. The van der Waals surface area contributed by atoms with Gasteiger partial charge in [-0.15, -0.1) is 11.3 Å². The molecule has 0 aliphatic carbocycles. The minimum atomic E-state index is -0.865. The second kappa shape index (κ2) is 4.92. The molecule has 0 aliphatic heterocycles. The lowest BCUT2D eigenvalue weighted by Crippen LogP contribution is -1.98. The van der Waals surface area contributed by atoms with Crippen molar-refractivity contribution < 1.29 is 14.5 Å². The third kappa shape index (κ3) is 3.31. The van der Waals surface area contributed by atoms with Gasteiger partial charge in [0, 0.05) is 29.0 Å². The predicted molar refractivity (Wildman–Crippen MR) is 51.9 cm³/mol. The van der Waals surface area contributed by atoms with Crippen LogP contribution in [-0.2, 0) is 11.2 Å². The molecule has 76 valence electrons. The first-order valence-corrected chi connectivity index (χ1v) is 4.89. The molecule has 0 spiro atoms. The molecule has 0 atom stereocenters. The molecule has 14 heavy (non-hydrogen) atoms. The van der Waals surface area contributed by atoms with Gasteiger partial charge in [0.1, 0.15) is 0 Å². The van der Waals surface area contributed by atoms with Gasteiger partial charge in [-0.05, 0) is 0 Å². The summed E-state index contributed by atoms with van der Waals surface area (Å²) in [6.45, 7) is 0.139. The highest BCUT2D eigenvalue weighted by molar-refractivity contribution is 7.10. The van der Waals surface area contributed by atoms with Crippen LogP contribution >= 0.6 is 22.9 Å². The Morgan fingerprint density at radius 3 is 2.93 bits per heavy atom. The maximum atomic E-state index is 10.3. The first-order valence-electron chi connectivity index (χ1n) is 3.63. The highest BCUT2D eigenvalue weighted by atomic mass is 35.5. The third-order valence-electron chi connectivity index (χ3n) is 1.41. The van der Waals surface area contributed by atoms with Gasteiger partial charge in [0.05, 0.1) is 16.9 Å². The number of hydrogen-bond donors (Lipinski definition) is 0. The Hall–Kier alpha value is -1.14. The zero-order valence-corrected chi connectivity index (χ0v) is 8.51. The molecular formula is C7H6ClNO4S. The van der Waals surface area contributed by atoms with Crippen molar-refractivity contribution in [2.24, 2.45) is 0 Å². The predicted octanol–water partition coefficient (Wildman–Crippen LogP) is 2.57. The number of rotatable bonds is 4. The van der Waals surface area contributed by atoms with E-state index in [9.17, 15) is 14.9 Å². The minimum absolute atomic E-state index is 0.0576. The number of halogens is 1. The van der Waals surface area contributed by atoms with Crippen molar-refractivity contribution in [3.63, 3.8) is 0 Å². The molecule has 1 aromatic rings. The summed E-state index contributed by atoms with van der Waals surface area (Å²) in [5.74, 6) is 0. The Morgan fingerprint density at radius 2 is 2.43 bits per heavy atom. The van der Waals surface area contributed by atoms with Crippen LogP contribution in [0.3, 0.4) is 0 Å². The van der Waals surface area contributed by atoms with E-state index in [0.717, 1.165) is 4.88 Å². The largest absolute Gasteiger partial charge is 0.453 e. The van der Waals surface area contributed by atoms with Crippen LogP contribution in [0.15, 0.2) is 11.4 Å². The number of ether oxygens (including phenoxy) is 1. The summed E-state index contributed by atoms with van der Waals surface area (Å²) in [5.41, 5.74) is -0.807. The average Bonchev–Trinajstić information content (AvgIpc) is 2.52. The maximum Gasteiger partial charge on any atom is 0.403 e. The third-order valence-corrected chi connectivity index (χ3v) is 2.51. The van der Waals surface area contributed by atoms with Crippen LogP contribution in [-0.4, -0.2) is 17.0 Å². The van der Waals surface area contributed by atoms with E-state index in [2.05, 4.69) is 4.74 Å². The highest BCUT2D eigenvalue weighted by Crippen LogP contribution is 2.21. The first kappa shape index (κ1) is 10.9. The molecule has 0 saturated heterocycles. The zero-order chi connectivity index (χ0) is 10.6. The normalized spacial score (nSPS) is 9.79. The lowest BCUT2D eigenvalue weighted by atomic mass is 10.3. The number of carbonyl (C=O) groups excluding carboxylic acids is 1. The van der Waals surface area contributed by atoms with Gasteiger partial charge >= 0.3 is 5.43 Å². The van der Waals surface area contributed by atoms with Crippen molar-refractivity contribution in [1.29, 1.82) is 0 Å². The van der Waals surface area contributed by atoms with Gasteiger partial charge in [0.25, 0.3) is 5.69 Å².